The van der Waals surface area contributed by atoms with E-state index in [1.165, 1.54) is 11.4 Å². The monoisotopic (exact) mass is 344 g/mol. The molecule has 2 N–H and O–H groups in total. The SMILES string of the molecule is CCS(=O)(=O)N1CCC(NC(=NC)NCCC(F)(F)F)CC1. The summed E-state index contributed by atoms with van der Waals surface area (Å²) in [5.74, 6) is 0.382. The van der Waals surface area contributed by atoms with Gasteiger partial charge in [0.25, 0.3) is 0 Å². The molecule has 1 fully saturated rings. The van der Waals surface area contributed by atoms with Gasteiger partial charge >= 0.3 is 6.18 Å². The Morgan fingerprint density at radius 1 is 1.32 bits per heavy atom. The van der Waals surface area contributed by atoms with E-state index in [9.17, 15) is 21.6 Å². The third kappa shape index (κ3) is 6.39. The van der Waals surface area contributed by atoms with Gasteiger partial charge in [-0.2, -0.15) is 13.2 Å². The second kappa shape index (κ2) is 8.00. The van der Waals surface area contributed by atoms with Crippen molar-refractivity contribution in [2.75, 3.05) is 32.4 Å². The molecule has 10 heteroatoms. The second-order valence-corrected chi connectivity index (χ2v) is 7.34. The molecule has 1 saturated heterocycles. The number of hydrogen-bond acceptors (Lipinski definition) is 3. The maximum atomic E-state index is 12.1. The molecule has 0 atom stereocenters. The zero-order valence-corrected chi connectivity index (χ0v) is 13.6. The van der Waals surface area contributed by atoms with Crippen LogP contribution in [-0.2, 0) is 10.0 Å². The first-order valence-corrected chi connectivity index (χ1v) is 8.80. The normalized spacial score (nSPS) is 19.2. The van der Waals surface area contributed by atoms with Crippen LogP contribution in [-0.4, -0.2) is 63.3 Å². The van der Waals surface area contributed by atoms with Crippen LogP contribution >= 0.6 is 0 Å². The molecule has 1 aliphatic rings. The molecular formula is C12H23F3N4O2S. The predicted octanol–water partition coefficient (Wildman–Crippen LogP) is 0.918. The van der Waals surface area contributed by atoms with Gasteiger partial charge in [0.05, 0.1) is 12.2 Å². The number of alkyl halides is 3. The van der Waals surface area contributed by atoms with Crippen LogP contribution in [0, 0.1) is 0 Å². The van der Waals surface area contributed by atoms with Gasteiger partial charge in [-0.15, -0.1) is 0 Å². The molecular weight excluding hydrogens is 321 g/mol. The largest absolute Gasteiger partial charge is 0.390 e. The van der Waals surface area contributed by atoms with E-state index in [0.717, 1.165) is 0 Å². The number of nitrogens with one attached hydrogen (secondary N) is 2. The molecule has 1 heterocycles. The molecule has 0 aromatic carbocycles. The van der Waals surface area contributed by atoms with Gasteiger partial charge in [0.15, 0.2) is 5.96 Å². The van der Waals surface area contributed by atoms with Gasteiger partial charge in [0.1, 0.15) is 0 Å². The van der Waals surface area contributed by atoms with Crippen molar-refractivity contribution in [1.29, 1.82) is 0 Å². The Morgan fingerprint density at radius 3 is 2.36 bits per heavy atom. The van der Waals surface area contributed by atoms with Crippen LogP contribution in [0.3, 0.4) is 0 Å². The van der Waals surface area contributed by atoms with E-state index >= 15 is 0 Å². The highest BCUT2D eigenvalue weighted by Gasteiger charge is 2.28. The first-order valence-electron chi connectivity index (χ1n) is 7.19. The third-order valence-electron chi connectivity index (χ3n) is 3.48. The number of nitrogens with zero attached hydrogens (tertiary/aromatic N) is 2. The maximum absolute atomic E-state index is 12.1. The summed E-state index contributed by atoms with van der Waals surface area (Å²) in [4.78, 5) is 3.88. The molecule has 0 amide bonds. The Morgan fingerprint density at radius 2 is 1.91 bits per heavy atom. The summed E-state index contributed by atoms with van der Waals surface area (Å²) in [7, 11) is -1.69. The Labute approximate surface area is 129 Å². The average Bonchev–Trinajstić information content (AvgIpc) is 2.45. The van der Waals surface area contributed by atoms with E-state index in [-0.39, 0.29) is 18.3 Å². The summed E-state index contributed by atoms with van der Waals surface area (Å²) in [6.45, 7) is 2.18. The fourth-order valence-electron chi connectivity index (χ4n) is 2.17. The predicted molar refractivity (Wildman–Crippen MR) is 79.2 cm³/mol. The van der Waals surface area contributed by atoms with E-state index in [1.54, 1.807) is 6.92 Å². The molecule has 0 aliphatic carbocycles. The smallest absolute Gasteiger partial charge is 0.356 e. The highest BCUT2D eigenvalue weighted by molar-refractivity contribution is 7.89. The van der Waals surface area contributed by atoms with Crippen LogP contribution < -0.4 is 10.6 Å². The van der Waals surface area contributed by atoms with Crippen LogP contribution in [0.4, 0.5) is 13.2 Å². The fourth-order valence-corrected chi connectivity index (χ4v) is 3.30. The minimum Gasteiger partial charge on any atom is -0.356 e. The Hall–Kier alpha value is -1.03. The van der Waals surface area contributed by atoms with Crippen LogP contribution in [0.15, 0.2) is 4.99 Å². The second-order valence-electron chi connectivity index (χ2n) is 5.08. The molecule has 130 valence electrons. The minimum absolute atomic E-state index is 0.000364. The highest BCUT2D eigenvalue weighted by Crippen LogP contribution is 2.18. The number of hydrogen-bond donors (Lipinski definition) is 2. The van der Waals surface area contributed by atoms with Crippen molar-refractivity contribution in [2.45, 2.75) is 38.4 Å². The lowest BCUT2D eigenvalue weighted by Gasteiger charge is -2.32. The summed E-state index contributed by atoms with van der Waals surface area (Å²) in [5, 5.41) is 5.64. The van der Waals surface area contributed by atoms with Crippen molar-refractivity contribution < 1.29 is 21.6 Å². The topological polar surface area (TPSA) is 73.8 Å². The third-order valence-corrected chi connectivity index (χ3v) is 5.36. The van der Waals surface area contributed by atoms with E-state index in [1.807, 2.05) is 0 Å². The van der Waals surface area contributed by atoms with Crippen LogP contribution in [0.5, 0.6) is 0 Å². The van der Waals surface area contributed by atoms with Crippen molar-refractivity contribution in [3.63, 3.8) is 0 Å². The Bertz CT molecular complexity index is 471. The lowest BCUT2D eigenvalue weighted by molar-refractivity contribution is -0.132. The zero-order chi connectivity index (χ0) is 16.8. The summed E-state index contributed by atoms with van der Waals surface area (Å²) in [6, 6.07) is 0.000364. The van der Waals surface area contributed by atoms with Gasteiger partial charge in [-0.3, -0.25) is 4.99 Å². The van der Waals surface area contributed by atoms with Crippen molar-refractivity contribution in [3.8, 4) is 0 Å². The maximum Gasteiger partial charge on any atom is 0.390 e. The number of halogens is 3. The molecule has 22 heavy (non-hydrogen) atoms. The van der Waals surface area contributed by atoms with Gasteiger partial charge in [-0.25, -0.2) is 12.7 Å². The fraction of sp³-hybridized carbons (Fsp3) is 0.917. The van der Waals surface area contributed by atoms with Crippen LogP contribution in [0.2, 0.25) is 0 Å². The molecule has 0 aromatic heterocycles. The minimum atomic E-state index is -4.20. The van der Waals surface area contributed by atoms with Gasteiger partial charge < -0.3 is 10.6 Å². The summed E-state index contributed by atoms with van der Waals surface area (Å²) in [6.07, 6.45) is -3.94. The Balaban J connectivity index is 2.38. The van der Waals surface area contributed by atoms with Crippen molar-refractivity contribution in [3.05, 3.63) is 0 Å². The summed E-state index contributed by atoms with van der Waals surface area (Å²) >= 11 is 0. The zero-order valence-electron chi connectivity index (χ0n) is 12.8. The molecule has 1 aliphatic heterocycles. The number of piperidine rings is 1. The molecule has 0 radical (unpaired) electrons. The lowest BCUT2D eigenvalue weighted by atomic mass is 10.1. The first-order chi connectivity index (χ1) is 10.2. The van der Waals surface area contributed by atoms with Gasteiger partial charge in [0, 0.05) is 32.7 Å². The van der Waals surface area contributed by atoms with Crippen molar-refractivity contribution >= 4 is 16.0 Å². The summed E-state index contributed by atoms with van der Waals surface area (Å²) < 4.78 is 61.2. The van der Waals surface area contributed by atoms with Crippen molar-refractivity contribution in [2.24, 2.45) is 4.99 Å². The Kier molecular flexibility index (Phi) is 6.92. The molecule has 0 unspecified atom stereocenters. The number of guanidine groups is 1. The molecule has 6 nitrogen and oxygen atoms in total. The average molecular weight is 344 g/mol. The molecule has 1 rings (SSSR count). The molecule has 0 bridgehead atoms. The quantitative estimate of drug-likeness (QED) is 0.575. The van der Waals surface area contributed by atoms with Gasteiger partial charge in [-0.1, -0.05) is 0 Å². The van der Waals surface area contributed by atoms with E-state index in [0.29, 0.717) is 31.9 Å². The number of aliphatic imine (C=N–C) groups is 1. The van der Waals surface area contributed by atoms with Crippen LogP contribution in [0.1, 0.15) is 26.2 Å². The summed E-state index contributed by atoms with van der Waals surface area (Å²) in [5.41, 5.74) is 0. The lowest BCUT2D eigenvalue weighted by Crippen LogP contribution is -2.50. The van der Waals surface area contributed by atoms with E-state index < -0.39 is 22.6 Å². The first kappa shape index (κ1) is 19.0. The molecule has 0 aromatic rings. The van der Waals surface area contributed by atoms with Crippen molar-refractivity contribution in [1.82, 2.24) is 14.9 Å². The van der Waals surface area contributed by atoms with Gasteiger partial charge in [-0.05, 0) is 19.8 Å². The molecule has 0 spiro atoms. The van der Waals surface area contributed by atoms with Gasteiger partial charge in [0.2, 0.25) is 10.0 Å². The number of sulfonamides is 1. The standard InChI is InChI=1S/C12H23F3N4O2S/c1-3-22(20,21)19-8-4-10(5-9-19)18-11(16-2)17-7-6-12(13,14)15/h10H,3-9H2,1-2H3,(H2,16,17,18). The molecule has 0 saturated carbocycles. The number of rotatable bonds is 5. The van der Waals surface area contributed by atoms with E-state index in [2.05, 4.69) is 15.6 Å². The van der Waals surface area contributed by atoms with Crippen LogP contribution in [0.25, 0.3) is 0 Å². The highest BCUT2D eigenvalue weighted by atomic mass is 32.2. The van der Waals surface area contributed by atoms with E-state index in [4.69, 9.17) is 0 Å².